The molecule has 9 nitrogen and oxygen atoms in total. The number of hydrogen-bond acceptors (Lipinski definition) is 9. The highest BCUT2D eigenvalue weighted by atomic mass is 32.1. The highest BCUT2D eigenvalue weighted by molar-refractivity contribution is 7.07. The van der Waals surface area contributed by atoms with E-state index in [4.69, 9.17) is 24.0 Å². The van der Waals surface area contributed by atoms with Crippen LogP contribution in [0.5, 0.6) is 0 Å². The number of fused-ring (bicyclic) bond motifs is 1. The fourth-order valence-corrected chi connectivity index (χ4v) is 4.55. The molecule has 4 heterocycles. The molecule has 160 valence electrons. The lowest BCUT2D eigenvalue weighted by Gasteiger charge is -2.24. The number of rotatable bonds is 5. The molecule has 1 atom stereocenters. The Morgan fingerprint density at radius 3 is 2.55 bits per heavy atom. The van der Waals surface area contributed by atoms with Crippen LogP contribution in [0, 0.1) is 0 Å². The first kappa shape index (κ1) is 20.5. The van der Waals surface area contributed by atoms with Crippen molar-refractivity contribution in [2.45, 2.75) is 12.8 Å². The van der Waals surface area contributed by atoms with Gasteiger partial charge in [0.15, 0.2) is 0 Å². The van der Waals surface area contributed by atoms with E-state index in [0.29, 0.717) is 5.76 Å². The van der Waals surface area contributed by atoms with E-state index in [2.05, 4.69) is 0 Å². The number of furan rings is 2. The molecule has 0 aliphatic carbocycles. The van der Waals surface area contributed by atoms with Crippen molar-refractivity contribution >= 4 is 40.7 Å². The normalized spacial score (nSPS) is 16.4. The average Bonchev–Trinajstić information content (AvgIpc) is 3.50. The number of esters is 2. The van der Waals surface area contributed by atoms with Crippen LogP contribution in [0.3, 0.4) is 0 Å². The first-order valence-electron chi connectivity index (χ1n) is 9.28. The van der Waals surface area contributed by atoms with E-state index in [1.54, 1.807) is 31.2 Å². The summed E-state index contributed by atoms with van der Waals surface area (Å²) in [5, 5.41) is 0. The van der Waals surface area contributed by atoms with Gasteiger partial charge in [-0.25, -0.2) is 9.59 Å². The Balaban J connectivity index is 2.13. The van der Waals surface area contributed by atoms with Crippen LogP contribution in [-0.4, -0.2) is 30.2 Å². The van der Waals surface area contributed by atoms with E-state index >= 15 is 0 Å². The molecule has 0 bridgehead atoms. The molecule has 0 aromatic carbocycles. The van der Waals surface area contributed by atoms with Gasteiger partial charge in [0.2, 0.25) is 0 Å². The first-order chi connectivity index (χ1) is 15.0. The second-order valence-electron chi connectivity index (χ2n) is 6.44. The zero-order valence-electron chi connectivity index (χ0n) is 16.6. The van der Waals surface area contributed by atoms with E-state index in [-0.39, 0.29) is 38.5 Å². The first-order valence-corrected chi connectivity index (χ1v) is 10.1. The number of nitrogens with zero attached hydrogens (tertiary/aromatic N) is 1. The van der Waals surface area contributed by atoms with Crippen LogP contribution in [0.4, 0.5) is 0 Å². The van der Waals surface area contributed by atoms with Crippen LogP contribution in [0.15, 0.2) is 56.0 Å². The molecule has 0 saturated heterocycles. The van der Waals surface area contributed by atoms with Gasteiger partial charge in [0.25, 0.3) is 5.56 Å². The summed E-state index contributed by atoms with van der Waals surface area (Å²) in [7, 11) is 1.19. The lowest BCUT2D eigenvalue weighted by molar-refractivity contribution is -0.136. The number of hydrogen-bond donors (Lipinski definition) is 1. The third-order valence-electron chi connectivity index (χ3n) is 4.69. The molecule has 1 aliphatic rings. The standard InChI is InChI=1S/C21H18N2O7S/c1-3-28-21(26)16-14(12-7-5-9-30-12)15(20(25)27-2)17(22)23-18(24)13(31-19(16)23)10-11-6-4-8-29-11/h4-10,14H,3,22H2,1-2H3/t14-/m1/s1. The molecule has 31 heavy (non-hydrogen) atoms. The zero-order chi connectivity index (χ0) is 22.1. The zero-order valence-corrected chi connectivity index (χ0v) is 17.4. The molecule has 0 radical (unpaired) electrons. The van der Waals surface area contributed by atoms with Crippen LogP contribution in [0.25, 0.3) is 17.5 Å². The van der Waals surface area contributed by atoms with Gasteiger partial charge in [0.05, 0.1) is 47.8 Å². The number of ether oxygens (including phenoxy) is 2. The van der Waals surface area contributed by atoms with Gasteiger partial charge in [0, 0.05) is 6.08 Å². The van der Waals surface area contributed by atoms with Crippen LogP contribution < -0.4 is 20.5 Å². The Morgan fingerprint density at radius 2 is 1.94 bits per heavy atom. The summed E-state index contributed by atoms with van der Waals surface area (Å²) in [4.78, 5) is 38.9. The van der Waals surface area contributed by atoms with Gasteiger partial charge in [-0.2, -0.15) is 0 Å². The van der Waals surface area contributed by atoms with E-state index in [9.17, 15) is 14.4 Å². The predicted octanol–water partition coefficient (Wildman–Crippen LogP) is 0.736. The summed E-state index contributed by atoms with van der Waals surface area (Å²) >= 11 is 1.04. The summed E-state index contributed by atoms with van der Waals surface area (Å²) in [6, 6.07) is 6.60. The number of nitrogens with two attached hydrogens (primary N) is 1. The number of carbonyl (C=O) groups excluding carboxylic acids is 2. The second kappa shape index (κ2) is 8.15. The van der Waals surface area contributed by atoms with Gasteiger partial charge in [-0.05, 0) is 31.2 Å². The Bertz CT molecular complexity index is 1340. The van der Waals surface area contributed by atoms with Crippen molar-refractivity contribution < 1.29 is 27.9 Å². The molecule has 3 aromatic heterocycles. The number of thiazole rings is 1. The van der Waals surface area contributed by atoms with Crippen LogP contribution in [0.2, 0.25) is 0 Å². The van der Waals surface area contributed by atoms with Crippen molar-refractivity contribution in [3.05, 3.63) is 73.4 Å². The van der Waals surface area contributed by atoms with E-state index < -0.39 is 23.4 Å². The highest BCUT2D eigenvalue weighted by Gasteiger charge is 2.41. The molecule has 3 aromatic rings. The number of aromatic nitrogens is 1. The molecule has 0 saturated carbocycles. The summed E-state index contributed by atoms with van der Waals surface area (Å²) in [6.45, 7) is 1.76. The minimum absolute atomic E-state index is 0.0626. The van der Waals surface area contributed by atoms with Crippen molar-refractivity contribution in [1.29, 1.82) is 0 Å². The van der Waals surface area contributed by atoms with Crippen molar-refractivity contribution in [3.8, 4) is 0 Å². The average molecular weight is 442 g/mol. The Hall–Kier alpha value is -3.79. The number of methoxy groups -OCH3 is 1. The van der Waals surface area contributed by atoms with E-state index in [1.165, 1.54) is 25.7 Å². The maximum absolute atomic E-state index is 13.2. The molecule has 0 fully saturated rings. The quantitative estimate of drug-likeness (QED) is 0.573. The summed E-state index contributed by atoms with van der Waals surface area (Å²) in [5.41, 5.74) is 5.76. The maximum atomic E-state index is 13.2. The van der Waals surface area contributed by atoms with Gasteiger partial charge in [-0.15, -0.1) is 11.3 Å². The van der Waals surface area contributed by atoms with Gasteiger partial charge in [-0.3, -0.25) is 9.36 Å². The van der Waals surface area contributed by atoms with Crippen LogP contribution in [-0.2, 0) is 19.1 Å². The van der Waals surface area contributed by atoms with Crippen LogP contribution in [0.1, 0.15) is 24.4 Å². The maximum Gasteiger partial charge on any atom is 0.338 e. The summed E-state index contributed by atoms with van der Waals surface area (Å²) < 4.78 is 22.6. The summed E-state index contributed by atoms with van der Waals surface area (Å²) in [6.07, 6.45) is 4.42. The van der Waals surface area contributed by atoms with Gasteiger partial charge in [0.1, 0.15) is 22.0 Å². The predicted molar refractivity (Wildman–Crippen MR) is 111 cm³/mol. The Morgan fingerprint density at radius 1 is 1.19 bits per heavy atom. The lowest BCUT2D eigenvalue weighted by atomic mass is 9.87. The molecule has 1 aliphatic heterocycles. The molecule has 2 N–H and O–H groups in total. The minimum Gasteiger partial charge on any atom is -0.468 e. The Kier molecular flexibility index (Phi) is 5.38. The molecule has 10 heteroatoms. The fraction of sp³-hybridized carbons (Fsp3) is 0.190. The van der Waals surface area contributed by atoms with Gasteiger partial charge in [-0.1, -0.05) is 0 Å². The monoisotopic (exact) mass is 442 g/mol. The highest BCUT2D eigenvalue weighted by Crippen LogP contribution is 2.37. The molecular weight excluding hydrogens is 424 g/mol. The van der Waals surface area contributed by atoms with Gasteiger partial charge < -0.3 is 24.0 Å². The fourth-order valence-electron chi connectivity index (χ4n) is 3.41. The Labute approximate surface area is 179 Å². The SMILES string of the molecule is CCOC(=O)C1=c2sc(=Cc3ccco3)c(=O)n2C(N)=C(C(=O)OC)[C@H]1c1ccco1. The molecule has 4 rings (SSSR count). The smallest absolute Gasteiger partial charge is 0.338 e. The third kappa shape index (κ3) is 3.40. The second-order valence-corrected chi connectivity index (χ2v) is 7.48. The number of carbonyl (C=O) groups is 2. The lowest BCUT2D eigenvalue weighted by Crippen LogP contribution is -2.41. The molecule has 0 amide bonds. The molecule has 0 unspecified atom stereocenters. The van der Waals surface area contributed by atoms with Gasteiger partial charge >= 0.3 is 11.9 Å². The minimum atomic E-state index is -1.00. The topological polar surface area (TPSA) is 127 Å². The summed E-state index contributed by atoms with van der Waals surface area (Å²) in [5.74, 6) is -1.90. The van der Waals surface area contributed by atoms with Crippen LogP contribution >= 0.6 is 11.3 Å². The molecule has 0 spiro atoms. The van der Waals surface area contributed by atoms with Crippen molar-refractivity contribution in [2.24, 2.45) is 5.73 Å². The largest absolute Gasteiger partial charge is 0.468 e. The van der Waals surface area contributed by atoms with Crippen molar-refractivity contribution in [1.82, 2.24) is 4.57 Å². The van der Waals surface area contributed by atoms with E-state index in [1.807, 2.05) is 0 Å². The van der Waals surface area contributed by atoms with Crippen molar-refractivity contribution in [3.63, 3.8) is 0 Å². The molecular formula is C21H18N2O7S. The van der Waals surface area contributed by atoms with Crippen molar-refractivity contribution in [2.75, 3.05) is 13.7 Å². The van der Waals surface area contributed by atoms with E-state index in [0.717, 1.165) is 15.9 Å². The third-order valence-corrected chi connectivity index (χ3v) is 5.80.